The lowest BCUT2D eigenvalue weighted by Crippen LogP contribution is -2.31. The van der Waals surface area contributed by atoms with Gasteiger partial charge in [-0.1, -0.05) is 36.4 Å². The maximum Gasteiger partial charge on any atom is 0.255 e. The van der Waals surface area contributed by atoms with E-state index in [1.165, 1.54) is 0 Å². The van der Waals surface area contributed by atoms with Gasteiger partial charge in [0, 0.05) is 25.0 Å². The quantitative estimate of drug-likeness (QED) is 0.506. The highest BCUT2D eigenvalue weighted by Crippen LogP contribution is 2.24. The highest BCUT2D eigenvalue weighted by Gasteiger charge is 2.23. The molecule has 1 aromatic carbocycles. The first-order chi connectivity index (χ1) is 14.4. The summed E-state index contributed by atoms with van der Waals surface area (Å²) in [6.07, 6.45) is 0. The van der Waals surface area contributed by atoms with Crippen LogP contribution in [0.25, 0.3) is 11.0 Å². The van der Waals surface area contributed by atoms with Crippen molar-refractivity contribution < 1.29 is 4.79 Å². The van der Waals surface area contributed by atoms with Gasteiger partial charge in [0.2, 0.25) is 0 Å². The smallest absolute Gasteiger partial charge is 0.255 e. The molecule has 3 heterocycles. The van der Waals surface area contributed by atoms with Gasteiger partial charge >= 0.3 is 0 Å². The monoisotopic (exact) mass is 399 g/mol. The van der Waals surface area contributed by atoms with Gasteiger partial charge in [0.15, 0.2) is 5.65 Å². The minimum atomic E-state index is -0.0474. The average molecular weight is 399 g/mol. The Bertz CT molecular complexity index is 1210. The summed E-state index contributed by atoms with van der Waals surface area (Å²) in [4.78, 5) is 24.8. The van der Waals surface area contributed by atoms with Crippen molar-refractivity contribution in [1.82, 2.24) is 24.6 Å². The van der Waals surface area contributed by atoms with Crippen LogP contribution in [0.15, 0.2) is 54.6 Å². The van der Waals surface area contributed by atoms with Crippen LogP contribution in [0.3, 0.4) is 0 Å². The van der Waals surface area contributed by atoms with Crippen LogP contribution in [-0.4, -0.2) is 30.6 Å². The van der Waals surface area contributed by atoms with E-state index in [1.54, 1.807) is 4.68 Å². The molecule has 1 amide bonds. The Morgan fingerprint density at radius 1 is 0.933 bits per heavy atom. The summed E-state index contributed by atoms with van der Waals surface area (Å²) >= 11 is 0. The van der Waals surface area contributed by atoms with Crippen LogP contribution in [0.2, 0.25) is 0 Å². The zero-order valence-corrected chi connectivity index (χ0v) is 17.8. The zero-order chi connectivity index (χ0) is 21.3. The number of aromatic nitrogens is 4. The van der Waals surface area contributed by atoms with Gasteiger partial charge in [-0.25, -0.2) is 4.98 Å². The third-order valence-electron chi connectivity index (χ3n) is 5.13. The van der Waals surface area contributed by atoms with E-state index in [0.717, 1.165) is 39.4 Å². The summed E-state index contributed by atoms with van der Waals surface area (Å²) < 4.78 is 1.73. The molecule has 0 spiro atoms. The van der Waals surface area contributed by atoms with Crippen molar-refractivity contribution in [3.05, 3.63) is 88.5 Å². The molecule has 0 aliphatic carbocycles. The van der Waals surface area contributed by atoms with Crippen molar-refractivity contribution in [1.29, 1.82) is 0 Å². The molecule has 0 N–H and O–H groups in total. The summed E-state index contributed by atoms with van der Waals surface area (Å²) in [5.74, 6) is -0.0474. The number of benzene rings is 1. The van der Waals surface area contributed by atoms with Crippen molar-refractivity contribution in [2.75, 3.05) is 0 Å². The number of carbonyl (C=O) groups is 1. The molecule has 0 aliphatic rings. The molecule has 6 nitrogen and oxygen atoms in total. The van der Waals surface area contributed by atoms with Crippen LogP contribution in [-0.2, 0) is 20.1 Å². The number of carbonyl (C=O) groups excluding carboxylic acids is 1. The molecule has 6 heteroatoms. The van der Waals surface area contributed by atoms with Crippen molar-refractivity contribution in [3.63, 3.8) is 0 Å². The van der Waals surface area contributed by atoms with Gasteiger partial charge in [-0.15, -0.1) is 0 Å². The van der Waals surface area contributed by atoms with Gasteiger partial charge in [-0.05, 0) is 44.5 Å². The number of hydrogen-bond acceptors (Lipinski definition) is 4. The number of nitrogens with zero attached hydrogens (tertiary/aromatic N) is 5. The zero-order valence-electron chi connectivity index (χ0n) is 17.8. The first-order valence-electron chi connectivity index (χ1n) is 9.99. The van der Waals surface area contributed by atoms with Crippen LogP contribution in [0.1, 0.15) is 38.7 Å². The highest BCUT2D eigenvalue weighted by molar-refractivity contribution is 6.06. The van der Waals surface area contributed by atoms with Crippen molar-refractivity contribution >= 4 is 16.9 Å². The van der Waals surface area contributed by atoms with E-state index in [9.17, 15) is 4.79 Å². The first-order valence-corrected chi connectivity index (χ1v) is 9.99. The minimum Gasteiger partial charge on any atom is -0.328 e. The lowest BCUT2D eigenvalue weighted by atomic mass is 10.1. The molecule has 0 saturated heterocycles. The van der Waals surface area contributed by atoms with Crippen LogP contribution in [0.5, 0.6) is 0 Å². The Labute approximate surface area is 176 Å². The predicted octanol–water partition coefficient (Wildman–Crippen LogP) is 4.13. The maximum atomic E-state index is 13.8. The van der Waals surface area contributed by atoms with Gasteiger partial charge in [0.25, 0.3) is 5.91 Å². The summed E-state index contributed by atoms with van der Waals surface area (Å²) in [5.41, 5.74) is 5.83. The lowest BCUT2D eigenvalue weighted by Gasteiger charge is -2.23. The van der Waals surface area contributed by atoms with E-state index in [0.29, 0.717) is 18.7 Å². The van der Waals surface area contributed by atoms with Crippen LogP contribution < -0.4 is 0 Å². The average Bonchev–Trinajstić information content (AvgIpc) is 3.00. The van der Waals surface area contributed by atoms with E-state index in [1.807, 2.05) is 87.3 Å². The number of amides is 1. The molecule has 0 aliphatic heterocycles. The second-order valence-corrected chi connectivity index (χ2v) is 7.64. The normalized spacial score (nSPS) is 11.1. The molecule has 0 radical (unpaired) electrons. The SMILES string of the molecule is Cc1cccc(CN(Cc2ccccc2)C(=O)c2cc(C)nc3c2c(C)nn3C)n1. The Morgan fingerprint density at radius 3 is 2.43 bits per heavy atom. The molecular weight excluding hydrogens is 374 g/mol. The third-order valence-corrected chi connectivity index (χ3v) is 5.13. The number of hydrogen-bond donors (Lipinski definition) is 0. The van der Waals surface area contributed by atoms with E-state index in [-0.39, 0.29) is 5.91 Å². The summed E-state index contributed by atoms with van der Waals surface area (Å²) in [5, 5.41) is 5.29. The summed E-state index contributed by atoms with van der Waals surface area (Å²) in [7, 11) is 1.86. The number of fused-ring (bicyclic) bond motifs is 1. The van der Waals surface area contributed by atoms with E-state index >= 15 is 0 Å². The second-order valence-electron chi connectivity index (χ2n) is 7.64. The topological polar surface area (TPSA) is 63.9 Å². The maximum absolute atomic E-state index is 13.8. The Balaban J connectivity index is 1.78. The minimum absolute atomic E-state index is 0.0474. The first kappa shape index (κ1) is 19.8. The highest BCUT2D eigenvalue weighted by atomic mass is 16.2. The molecule has 4 rings (SSSR count). The molecule has 4 aromatic rings. The molecule has 0 saturated carbocycles. The predicted molar refractivity (Wildman–Crippen MR) is 117 cm³/mol. The fourth-order valence-corrected chi connectivity index (χ4v) is 3.80. The Kier molecular flexibility index (Phi) is 5.31. The van der Waals surface area contributed by atoms with Gasteiger partial charge in [0.1, 0.15) is 0 Å². The van der Waals surface area contributed by atoms with Crippen LogP contribution in [0, 0.1) is 20.8 Å². The molecule has 30 heavy (non-hydrogen) atoms. The fraction of sp³-hybridized carbons (Fsp3) is 0.250. The van der Waals surface area contributed by atoms with E-state index in [4.69, 9.17) is 0 Å². The molecule has 0 atom stereocenters. The van der Waals surface area contributed by atoms with Gasteiger partial charge in [-0.2, -0.15) is 5.10 Å². The van der Waals surface area contributed by atoms with Crippen molar-refractivity contribution in [2.45, 2.75) is 33.9 Å². The van der Waals surface area contributed by atoms with E-state index in [2.05, 4.69) is 15.1 Å². The second kappa shape index (κ2) is 8.06. The number of rotatable bonds is 5. The number of aryl methyl sites for hydroxylation is 4. The Hall–Kier alpha value is -3.54. The Morgan fingerprint density at radius 2 is 1.70 bits per heavy atom. The molecule has 0 bridgehead atoms. The fourth-order valence-electron chi connectivity index (χ4n) is 3.80. The molecular formula is C24H25N5O. The van der Waals surface area contributed by atoms with Crippen LogP contribution in [0.4, 0.5) is 0 Å². The largest absolute Gasteiger partial charge is 0.328 e. The van der Waals surface area contributed by atoms with Crippen molar-refractivity contribution in [3.8, 4) is 0 Å². The standard InChI is InChI=1S/C24H25N5O/c1-16-9-8-12-20(25-16)15-29(14-19-10-6-5-7-11-19)24(30)21-13-17(2)26-23-22(21)18(3)27-28(23)4/h5-13H,14-15H2,1-4H3. The van der Waals surface area contributed by atoms with E-state index < -0.39 is 0 Å². The van der Waals surface area contributed by atoms with Crippen molar-refractivity contribution in [2.24, 2.45) is 7.05 Å². The van der Waals surface area contributed by atoms with Gasteiger partial charge in [-0.3, -0.25) is 14.5 Å². The summed E-state index contributed by atoms with van der Waals surface area (Å²) in [6, 6.07) is 17.8. The molecule has 0 fully saturated rings. The number of pyridine rings is 2. The van der Waals surface area contributed by atoms with Gasteiger partial charge < -0.3 is 4.90 Å². The summed E-state index contributed by atoms with van der Waals surface area (Å²) in [6.45, 7) is 6.71. The van der Waals surface area contributed by atoms with Gasteiger partial charge in [0.05, 0.1) is 28.9 Å². The lowest BCUT2D eigenvalue weighted by molar-refractivity contribution is 0.0729. The molecule has 3 aromatic heterocycles. The molecule has 0 unspecified atom stereocenters. The van der Waals surface area contributed by atoms with Crippen LogP contribution >= 0.6 is 0 Å². The molecule has 152 valence electrons. The third kappa shape index (κ3) is 3.94.